The van der Waals surface area contributed by atoms with Gasteiger partial charge in [-0.25, -0.2) is 4.98 Å². The minimum Gasteiger partial charge on any atom is -0.383 e. The van der Waals surface area contributed by atoms with Gasteiger partial charge in [-0.3, -0.25) is 14.2 Å². The van der Waals surface area contributed by atoms with Gasteiger partial charge in [0, 0.05) is 20.2 Å². The zero-order chi connectivity index (χ0) is 17.4. The predicted octanol–water partition coefficient (Wildman–Crippen LogP) is 2.05. The highest BCUT2D eigenvalue weighted by molar-refractivity contribution is 7.99. The van der Waals surface area contributed by atoms with Gasteiger partial charge in [-0.2, -0.15) is 0 Å². The van der Waals surface area contributed by atoms with Gasteiger partial charge >= 0.3 is 0 Å². The second-order valence-corrected chi connectivity index (χ2v) is 6.30. The second-order valence-electron chi connectivity index (χ2n) is 5.35. The summed E-state index contributed by atoms with van der Waals surface area (Å²) in [6.45, 7) is 3.64. The van der Waals surface area contributed by atoms with Gasteiger partial charge in [0.15, 0.2) is 5.16 Å². The van der Waals surface area contributed by atoms with Gasteiger partial charge in [0.2, 0.25) is 5.91 Å². The van der Waals surface area contributed by atoms with Crippen LogP contribution in [0.4, 0.5) is 0 Å². The fourth-order valence-corrected chi connectivity index (χ4v) is 3.10. The van der Waals surface area contributed by atoms with Crippen molar-refractivity contribution in [1.82, 2.24) is 14.9 Å². The molecule has 0 saturated heterocycles. The number of nitrogens with one attached hydrogen (secondary N) is 1. The quantitative estimate of drug-likeness (QED) is 0.426. The second kappa shape index (κ2) is 9.44. The van der Waals surface area contributed by atoms with Gasteiger partial charge in [0.1, 0.15) is 0 Å². The molecular formula is C17H23N3O3S. The van der Waals surface area contributed by atoms with Crippen molar-refractivity contribution in [2.45, 2.75) is 31.5 Å². The number of benzene rings is 1. The standard InChI is InChI=1S/C17H23N3O3S/c1-3-4-10-20-16(22)13-7-5-6-8-14(13)19-17(20)24-12-15(21)18-9-11-23-2/h5-8H,3-4,9-12H2,1-2H3,(H,18,21). The lowest BCUT2D eigenvalue weighted by Crippen LogP contribution is -2.29. The molecule has 2 aromatic rings. The third kappa shape index (κ3) is 4.82. The van der Waals surface area contributed by atoms with Crippen molar-refractivity contribution in [3.05, 3.63) is 34.6 Å². The number of carbonyl (C=O) groups excluding carboxylic acids is 1. The number of hydrogen-bond acceptors (Lipinski definition) is 5. The van der Waals surface area contributed by atoms with Crippen LogP contribution >= 0.6 is 11.8 Å². The average molecular weight is 349 g/mol. The van der Waals surface area contributed by atoms with E-state index in [1.54, 1.807) is 17.7 Å². The maximum Gasteiger partial charge on any atom is 0.262 e. The molecule has 1 aromatic carbocycles. The highest BCUT2D eigenvalue weighted by atomic mass is 32.2. The fraction of sp³-hybridized carbons (Fsp3) is 0.471. The molecule has 0 unspecified atom stereocenters. The summed E-state index contributed by atoms with van der Waals surface area (Å²) in [6.07, 6.45) is 1.88. The van der Waals surface area contributed by atoms with E-state index in [0.717, 1.165) is 12.8 Å². The Bertz CT molecular complexity index is 745. The number of para-hydroxylation sites is 1. The number of ether oxygens (including phenoxy) is 1. The molecule has 6 nitrogen and oxygen atoms in total. The summed E-state index contributed by atoms with van der Waals surface area (Å²) in [5, 5.41) is 3.97. The van der Waals surface area contributed by atoms with Crippen LogP contribution < -0.4 is 10.9 Å². The third-order valence-electron chi connectivity index (χ3n) is 3.52. The lowest BCUT2D eigenvalue weighted by molar-refractivity contribution is -0.118. The van der Waals surface area contributed by atoms with Gasteiger partial charge in [-0.15, -0.1) is 0 Å². The van der Waals surface area contributed by atoms with E-state index in [4.69, 9.17) is 4.74 Å². The highest BCUT2D eigenvalue weighted by Gasteiger charge is 2.12. The molecule has 0 spiro atoms. The van der Waals surface area contributed by atoms with E-state index in [1.807, 2.05) is 18.2 Å². The van der Waals surface area contributed by atoms with Crippen molar-refractivity contribution in [2.24, 2.45) is 0 Å². The Morgan fingerprint density at radius 1 is 1.38 bits per heavy atom. The Balaban J connectivity index is 2.20. The predicted molar refractivity (Wildman–Crippen MR) is 96.5 cm³/mol. The lowest BCUT2D eigenvalue weighted by Gasteiger charge is -2.12. The van der Waals surface area contributed by atoms with Crippen molar-refractivity contribution < 1.29 is 9.53 Å². The summed E-state index contributed by atoms with van der Waals surface area (Å²) in [4.78, 5) is 29.1. The zero-order valence-corrected chi connectivity index (χ0v) is 14.9. The molecule has 1 N–H and O–H groups in total. The van der Waals surface area contributed by atoms with Crippen LogP contribution in [0.1, 0.15) is 19.8 Å². The Morgan fingerprint density at radius 3 is 2.92 bits per heavy atom. The van der Waals surface area contributed by atoms with Crippen molar-refractivity contribution in [3.8, 4) is 0 Å². The van der Waals surface area contributed by atoms with E-state index < -0.39 is 0 Å². The first-order chi connectivity index (χ1) is 11.7. The van der Waals surface area contributed by atoms with Crippen LogP contribution in [0, 0.1) is 0 Å². The summed E-state index contributed by atoms with van der Waals surface area (Å²) in [5.74, 6) is 0.127. The zero-order valence-electron chi connectivity index (χ0n) is 14.1. The van der Waals surface area contributed by atoms with E-state index in [2.05, 4.69) is 17.2 Å². The smallest absolute Gasteiger partial charge is 0.262 e. The number of unbranched alkanes of at least 4 members (excludes halogenated alkanes) is 1. The molecule has 0 saturated carbocycles. The number of fused-ring (bicyclic) bond motifs is 1. The van der Waals surface area contributed by atoms with Crippen LogP contribution in [0.15, 0.2) is 34.2 Å². The number of amides is 1. The maximum absolute atomic E-state index is 12.7. The molecule has 0 fully saturated rings. The number of nitrogens with zero attached hydrogens (tertiary/aromatic N) is 2. The minimum absolute atomic E-state index is 0.0451. The van der Waals surface area contributed by atoms with Crippen LogP contribution in [0.2, 0.25) is 0 Å². The average Bonchev–Trinajstić information content (AvgIpc) is 2.59. The Morgan fingerprint density at radius 2 is 2.17 bits per heavy atom. The number of thioether (sulfide) groups is 1. The normalized spacial score (nSPS) is 10.9. The maximum atomic E-state index is 12.7. The van der Waals surface area contributed by atoms with Gasteiger partial charge in [0.25, 0.3) is 5.56 Å². The molecule has 0 atom stereocenters. The van der Waals surface area contributed by atoms with E-state index >= 15 is 0 Å². The summed E-state index contributed by atoms with van der Waals surface area (Å²) < 4.78 is 6.58. The molecule has 1 aromatic heterocycles. The topological polar surface area (TPSA) is 73.2 Å². The molecular weight excluding hydrogens is 326 g/mol. The molecule has 0 radical (unpaired) electrons. The van der Waals surface area contributed by atoms with Crippen LogP contribution in [0.5, 0.6) is 0 Å². The monoisotopic (exact) mass is 349 g/mol. The Hall–Kier alpha value is -1.86. The van der Waals surface area contributed by atoms with E-state index in [0.29, 0.717) is 35.8 Å². The number of methoxy groups -OCH3 is 1. The molecule has 1 amide bonds. The minimum atomic E-state index is -0.0958. The molecule has 1 heterocycles. The van der Waals surface area contributed by atoms with Crippen LogP contribution in [-0.4, -0.2) is 41.5 Å². The first-order valence-electron chi connectivity index (χ1n) is 8.05. The third-order valence-corrected chi connectivity index (χ3v) is 4.50. The van der Waals surface area contributed by atoms with E-state index in [1.165, 1.54) is 11.8 Å². The first-order valence-corrected chi connectivity index (χ1v) is 9.04. The van der Waals surface area contributed by atoms with Crippen LogP contribution in [-0.2, 0) is 16.1 Å². The van der Waals surface area contributed by atoms with Crippen LogP contribution in [0.25, 0.3) is 10.9 Å². The molecule has 130 valence electrons. The van der Waals surface area contributed by atoms with Crippen molar-refractivity contribution >= 4 is 28.6 Å². The van der Waals surface area contributed by atoms with Crippen LogP contribution in [0.3, 0.4) is 0 Å². The molecule has 0 aliphatic heterocycles. The van der Waals surface area contributed by atoms with Crippen molar-refractivity contribution in [1.29, 1.82) is 0 Å². The Labute approximate surface area is 145 Å². The molecule has 0 aliphatic rings. The highest BCUT2D eigenvalue weighted by Crippen LogP contribution is 2.18. The number of aromatic nitrogens is 2. The van der Waals surface area contributed by atoms with Gasteiger partial charge in [-0.05, 0) is 18.6 Å². The molecule has 0 bridgehead atoms. The lowest BCUT2D eigenvalue weighted by atomic mass is 10.2. The first kappa shape index (κ1) is 18.5. The van der Waals surface area contributed by atoms with E-state index in [9.17, 15) is 9.59 Å². The van der Waals surface area contributed by atoms with E-state index in [-0.39, 0.29) is 17.2 Å². The van der Waals surface area contributed by atoms with Gasteiger partial charge in [0.05, 0.1) is 23.3 Å². The molecule has 2 rings (SSSR count). The summed E-state index contributed by atoms with van der Waals surface area (Å²) in [6, 6.07) is 7.31. The summed E-state index contributed by atoms with van der Waals surface area (Å²) in [7, 11) is 1.59. The molecule has 7 heteroatoms. The van der Waals surface area contributed by atoms with Crippen molar-refractivity contribution in [2.75, 3.05) is 26.0 Å². The molecule has 24 heavy (non-hydrogen) atoms. The fourth-order valence-electron chi connectivity index (χ4n) is 2.24. The number of hydrogen-bond donors (Lipinski definition) is 1. The number of rotatable bonds is 9. The molecule has 0 aliphatic carbocycles. The largest absolute Gasteiger partial charge is 0.383 e. The SMILES string of the molecule is CCCCn1c(SCC(=O)NCCOC)nc2ccccc2c1=O. The number of carbonyl (C=O) groups is 1. The Kier molecular flexibility index (Phi) is 7.27. The summed E-state index contributed by atoms with van der Waals surface area (Å²) in [5.41, 5.74) is 0.619. The van der Waals surface area contributed by atoms with Crippen molar-refractivity contribution in [3.63, 3.8) is 0 Å². The summed E-state index contributed by atoms with van der Waals surface area (Å²) >= 11 is 1.29. The van der Waals surface area contributed by atoms with Gasteiger partial charge in [-0.1, -0.05) is 37.2 Å². The van der Waals surface area contributed by atoms with Gasteiger partial charge < -0.3 is 10.1 Å².